The molecule has 0 aliphatic rings. The lowest BCUT2D eigenvalue weighted by atomic mass is 10.1. The van der Waals surface area contributed by atoms with E-state index in [9.17, 15) is 18.0 Å². The van der Waals surface area contributed by atoms with Crippen molar-refractivity contribution in [3.8, 4) is 11.8 Å². The van der Waals surface area contributed by atoms with Crippen LogP contribution in [0.3, 0.4) is 0 Å². The van der Waals surface area contributed by atoms with Gasteiger partial charge in [0.2, 0.25) is 0 Å². The van der Waals surface area contributed by atoms with Crippen molar-refractivity contribution in [3.05, 3.63) is 76.6 Å². The number of hydrogen-bond acceptors (Lipinski definition) is 3. The number of benzene rings is 2. The van der Waals surface area contributed by atoms with E-state index >= 15 is 0 Å². The third-order valence-corrected chi connectivity index (χ3v) is 3.18. The summed E-state index contributed by atoms with van der Waals surface area (Å²) in [5.41, 5.74) is -0.476. The first-order valence-electron chi connectivity index (χ1n) is 6.97. The van der Waals surface area contributed by atoms with Crippen LogP contribution < -0.4 is 4.74 Å². The molecule has 0 saturated heterocycles. The van der Waals surface area contributed by atoms with Gasteiger partial charge in [-0.2, -0.15) is 5.26 Å². The number of rotatable bonds is 4. The monoisotopic (exact) mass is 331 g/mol. The number of halogens is 3. The third-order valence-electron chi connectivity index (χ3n) is 3.18. The summed E-state index contributed by atoms with van der Waals surface area (Å²) in [5.74, 6) is -4.67. The van der Waals surface area contributed by atoms with Crippen molar-refractivity contribution >= 4 is 5.97 Å². The summed E-state index contributed by atoms with van der Waals surface area (Å²) in [6.07, 6.45) is 4.15. The maximum absolute atomic E-state index is 14.0. The van der Waals surface area contributed by atoms with E-state index in [-0.39, 0.29) is 5.56 Å². The molecule has 24 heavy (non-hydrogen) atoms. The summed E-state index contributed by atoms with van der Waals surface area (Å²) < 4.78 is 45.7. The second-order valence-corrected chi connectivity index (χ2v) is 4.85. The first-order valence-corrected chi connectivity index (χ1v) is 6.97. The van der Waals surface area contributed by atoms with Gasteiger partial charge in [0.1, 0.15) is 34.8 Å². The molecule has 2 aromatic rings. The maximum atomic E-state index is 14.0. The molecule has 0 fully saturated rings. The fourth-order valence-corrected chi connectivity index (χ4v) is 1.98. The number of esters is 1. The van der Waals surface area contributed by atoms with Crippen LogP contribution in [0.5, 0.6) is 5.75 Å². The molecule has 0 radical (unpaired) electrons. The molecular formula is C18H12F3NO2. The molecule has 0 bridgehead atoms. The molecule has 6 heteroatoms. The SMILES string of the molecule is CC=CCc1ccc(C(=O)Oc2cc(F)c(C#N)c(F)c2)c(F)c1. The van der Waals surface area contributed by atoms with E-state index in [2.05, 4.69) is 0 Å². The van der Waals surface area contributed by atoms with Crippen molar-refractivity contribution in [1.29, 1.82) is 5.26 Å². The van der Waals surface area contributed by atoms with Crippen LogP contribution in [0.15, 0.2) is 42.5 Å². The molecule has 0 atom stereocenters. The van der Waals surface area contributed by atoms with Gasteiger partial charge < -0.3 is 4.74 Å². The average molecular weight is 331 g/mol. The van der Waals surface area contributed by atoms with Crippen molar-refractivity contribution in [2.24, 2.45) is 0 Å². The predicted octanol–water partition coefficient (Wildman–Crippen LogP) is 4.31. The van der Waals surface area contributed by atoms with Gasteiger partial charge in [0, 0.05) is 12.1 Å². The molecule has 0 saturated carbocycles. The van der Waals surface area contributed by atoms with E-state index in [1.807, 2.05) is 19.1 Å². The number of carbonyl (C=O) groups is 1. The van der Waals surface area contributed by atoms with Crippen molar-refractivity contribution in [2.45, 2.75) is 13.3 Å². The highest BCUT2D eigenvalue weighted by Crippen LogP contribution is 2.22. The molecule has 0 amide bonds. The summed E-state index contributed by atoms with van der Waals surface area (Å²) in [5, 5.41) is 8.58. The number of carbonyl (C=O) groups excluding carboxylic acids is 1. The van der Waals surface area contributed by atoms with Crippen LogP contribution in [0, 0.1) is 28.8 Å². The van der Waals surface area contributed by atoms with Crippen LogP contribution in [0.25, 0.3) is 0 Å². The highest BCUT2D eigenvalue weighted by atomic mass is 19.1. The Balaban J connectivity index is 2.23. The Bertz CT molecular complexity index is 831. The molecule has 122 valence electrons. The van der Waals surface area contributed by atoms with Gasteiger partial charge in [-0.1, -0.05) is 18.2 Å². The van der Waals surface area contributed by atoms with Gasteiger partial charge in [-0.05, 0) is 31.0 Å². The van der Waals surface area contributed by atoms with E-state index in [1.165, 1.54) is 18.2 Å². The van der Waals surface area contributed by atoms with Gasteiger partial charge in [-0.3, -0.25) is 0 Å². The minimum Gasteiger partial charge on any atom is -0.423 e. The third kappa shape index (κ3) is 3.82. The second-order valence-electron chi connectivity index (χ2n) is 4.85. The van der Waals surface area contributed by atoms with Crippen LogP contribution in [0.2, 0.25) is 0 Å². The van der Waals surface area contributed by atoms with Crippen molar-refractivity contribution < 1.29 is 22.7 Å². The summed E-state index contributed by atoms with van der Waals surface area (Å²) in [4.78, 5) is 12.0. The lowest BCUT2D eigenvalue weighted by Gasteiger charge is -2.07. The minimum absolute atomic E-state index is 0.357. The van der Waals surface area contributed by atoms with E-state index in [0.717, 1.165) is 0 Å². The summed E-state index contributed by atoms with van der Waals surface area (Å²) >= 11 is 0. The Labute approximate surface area is 136 Å². The topological polar surface area (TPSA) is 50.1 Å². The lowest BCUT2D eigenvalue weighted by molar-refractivity contribution is 0.0729. The van der Waals surface area contributed by atoms with Gasteiger partial charge in [0.25, 0.3) is 0 Å². The molecule has 0 aliphatic heterocycles. The standard InChI is InChI=1S/C18H12F3NO2/c1-2-3-4-11-5-6-13(15(19)7-11)18(23)24-12-8-16(20)14(10-22)17(21)9-12/h2-3,5-9H,4H2,1H3. The number of ether oxygens (including phenoxy) is 1. The summed E-state index contributed by atoms with van der Waals surface area (Å²) in [6.45, 7) is 1.83. The van der Waals surface area contributed by atoms with Crippen molar-refractivity contribution in [2.75, 3.05) is 0 Å². The molecule has 3 nitrogen and oxygen atoms in total. The molecule has 2 aromatic carbocycles. The minimum atomic E-state index is -1.16. The molecule has 0 heterocycles. The Morgan fingerprint density at radius 2 is 1.83 bits per heavy atom. The first-order chi connectivity index (χ1) is 11.5. The predicted molar refractivity (Wildman–Crippen MR) is 80.9 cm³/mol. The van der Waals surface area contributed by atoms with Crippen LogP contribution in [-0.2, 0) is 6.42 Å². The van der Waals surface area contributed by atoms with Gasteiger partial charge >= 0.3 is 5.97 Å². The normalized spacial score (nSPS) is 10.6. The zero-order chi connectivity index (χ0) is 17.7. The number of nitrogens with zero attached hydrogens (tertiary/aromatic N) is 1. The Hall–Kier alpha value is -3.07. The fraction of sp³-hybridized carbons (Fsp3) is 0.111. The van der Waals surface area contributed by atoms with E-state index in [0.29, 0.717) is 24.1 Å². The van der Waals surface area contributed by atoms with Crippen LogP contribution in [0.1, 0.15) is 28.4 Å². The molecule has 0 unspecified atom stereocenters. The first kappa shape index (κ1) is 17.3. The van der Waals surface area contributed by atoms with Crippen LogP contribution in [-0.4, -0.2) is 5.97 Å². The smallest absolute Gasteiger partial charge is 0.346 e. The molecule has 0 N–H and O–H groups in total. The van der Waals surface area contributed by atoms with Gasteiger partial charge in [-0.15, -0.1) is 0 Å². The number of allylic oxidation sites excluding steroid dienone is 2. The molecule has 0 aliphatic carbocycles. The zero-order valence-corrected chi connectivity index (χ0v) is 12.6. The van der Waals surface area contributed by atoms with Crippen molar-refractivity contribution in [1.82, 2.24) is 0 Å². The molecule has 0 spiro atoms. The Morgan fingerprint density at radius 3 is 2.38 bits per heavy atom. The molecule has 2 rings (SSSR count). The molecular weight excluding hydrogens is 319 g/mol. The maximum Gasteiger partial charge on any atom is 0.346 e. The summed E-state index contributed by atoms with van der Waals surface area (Å²) in [6, 6.07) is 6.73. The fourth-order valence-electron chi connectivity index (χ4n) is 1.98. The Kier molecular flexibility index (Phi) is 5.38. The highest BCUT2D eigenvalue weighted by molar-refractivity contribution is 5.91. The quantitative estimate of drug-likeness (QED) is 0.476. The van der Waals surface area contributed by atoms with Gasteiger partial charge in [0.05, 0.1) is 5.56 Å². The van der Waals surface area contributed by atoms with Crippen molar-refractivity contribution in [3.63, 3.8) is 0 Å². The van der Waals surface area contributed by atoms with Gasteiger partial charge in [0.15, 0.2) is 0 Å². The van der Waals surface area contributed by atoms with E-state index in [4.69, 9.17) is 10.00 Å². The summed E-state index contributed by atoms with van der Waals surface area (Å²) in [7, 11) is 0. The van der Waals surface area contributed by atoms with Crippen LogP contribution in [0.4, 0.5) is 13.2 Å². The second kappa shape index (κ2) is 7.47. The average Bonchev–Trinajstić information content (AvgIpc) is 2.52. The Morgan fingerprint density at radius 1 is 1.17 bits per heavy atom. The molecule has 0 aromatic heterocycles. The zero-order valence-electron chi connectivity index (χ0n) is 12.6. The largest absolute Gasteiger partial charge is 0.423 e. The highest BCUT2D eigenvalue weighted by Gasteiger charge is 2.17. The number of nitriles is 1. The van der Waals surface area contributed by atoms with Gasteiger partial charge in [-0.25, -0.2) is 18.0 Å². The van der Waals surface area contributed by atoms with Crippen LogP contribution >= 0.6 is 0 Å². The van der Waals surface area contributed by atoms with E-state index in [1.54, 1.807) is 6.07 Å². The lowest BCUT2D eigenvalue weighted by Crippen LogP contribution is -2.11. The number of hydrogen-bond donors (Lipinski definition) is 0. The van der Waals surface area contributed by atoms with E-state index < -0.39 is 34.7 Å².